The molecule has 1 atom stereocenters. The zero-order valence-corrected chi connectivity index (χ0v) is 12.9. The van der Waals surface area contributed by atoms with Crippen molar-refractivity contribution in [2.75, 3.05) is 36.9 Å². The molecule has 1 unspecified atom stereocenters. The fourth-order valence-corrected chi connectivity index (χ4v) is 4.21. The van der Waals surface area contributed by atoms with Gasteiger partial charge in [-0.3, -0.25) is 4.79 Å². The Balaban J connectivity index is 2.25. The molecule has 1 rings (SSSR count). The number of hydrogen-bond acceptors (Lipinski definition) is 5. The van der Waals surface area contributed by atoms with Gasteiger partial charge in [0.15, 0.2) is 0 Å². The summed E-state index contributed by atoms with van der Waals surface area (Å²) in [6.07, 6.45) is 0.958. The van der Waals surface area contributed by atoms with E-state index in [2.05, 4.69) is 5.32 Å². The van der Waals surface area contributed by atoms with Gasteiger partial charge in [-0.2, -0.15) is 11.8 Å². The molecule has 0 aliphatic carbocycles. The largest absolute Gasteiger partial charge is 0.355 e. The smallest absolute Gasteiger partial charge is 0.220 e. The van der Waals surface area contributed by atoms with Gasteiger partial charge >= 0.3 is 0 Å². The van der Waals surface area contributed by atoms with E-state index in [-0.39, 0.29) is 24.2 Å². The number of nitrogens with one attached hydrogen (secondary N) is 1. The molecule has 112 valence electrons. The van der Waals surface area contributed by atoms with Gasteiger partial charge in [0.25, 0.3) is 0 Å². The average molecular weight is 309 g/mol. The van der Waals surface area contributed by atoms with Gasteiger partial charge in [0.2, 0.25) is 15.9 Å². The van der Waals surface area contributed by atoms with E-state index in [9.17, 15) is 13.2 Å². The molecule has 1 fully saturated rings. The number of rotatable bonds is 7. The highest BCUT2D eigenvalue weighted by molar-refractivity contribution is 7.99. The zero-order valence-electron chi connectivity index (χ0n) is 11.3. The molecule has 0 saturated carbocycles. The van der Waals surface area contributed by atoms with E-state index >= 15 is 0 Å². The summed E-state index contributed by atoms with van der Waals surface area (Å²) in [6, 6.07) is -0.0136. The highest BCUT2D eigenvalue weighted by atomic mass is 32.2. The molecule has 0 radical (unpaired) electrons. The second kappa shape index (κ2) is 8.08. The summed E-state index contributed by atoms with van der Waals surface area (Å²) < 4.78 is 25.5. The van der Waals surface area contributed by atoms with Crippen LogP contribution < -0.4 is 11.1 Å². The Bertz CT molecular complexity index is 379. The Morgan fingerprint density at radius 3 is 2.63 bits per heavy atom. The van der Waals surface area contributed by atoms with Gasteiger partial charge in [0.1, 0.15) is 0 Å². The molecule has 8 heteroatoms. The van der Waals surface area contributed by atoms with E-state index in [0.29, 0.717) is 25.9 Å². The van der Waals surface area contributed by atoms with Crippen molar-refractivity contribution in [1.82, 2.24) is 9.62 Å². The molecular formula is C11H23N3O3S2. The van der Waals surface area contributed by atoms with Gasteiger partial charge in [-0.25, -0.2) is 12.7 Å². The molecule has 19 heavy (non-hydrogen) atoms. The van der Waals surface area contributed by atoms with E-state index in [1.165, 1.54) is 4.31 Å². The van der Waals surface area contributed by atoms with Crippen LogP contribution in [0.3, 0.4) is 0 Å². The van der Waals surface area contributed by atoms with Crippen LogP contribution in [-0.4, -0.2) is 61.6 Å². The first-order valence-corrected chi connectivity index (χ1v) is 9.26. The maximum Gasteiger partial charge on any atom is 0.220 e. The Hall–Kier alpha value is -0.310. The van der Waals surface area contributed by atoms with Crippen LogP contribution in [0.2, 0.25) is 0 Å². The van der Waals surface area contributed by atoms with Gasteiger partial charge < -0.3 is 11.1 Å². The number of nitrogens with zero attached hydrogens (tertiary/aromatic N) is 1. The third kappa shape index (κ3) is 6.60. The Morgan fingerprint density at radius 1 is 1.42 bits per heavy atom. The number of nitrogens with two attached hydrogens (primary N) is 1. The summed E-state index contributed by atoms with van der Waals surface area (Å²) in [5.41, 5.74) is 5.55. The van der Waals surface area contributed by atoms with Crippen LogP contribution in [0, 0.1) is 0 Å². The third-order valence-electron chi connectivity index (χ3n) is 2.87. The van der Waals surface area contributed by atoms with Crippen LogP contribution in [0.25, 0.3) is 0 Å². The van der Waals surface area contributed by atoms with Crippen molar-refractivity contribution in [3.8, 4) is 0 Å². The Labute approximate surface area is 119 Å². The predicted molar refractivity (Wildman–Crippen MR) is 78.6 cm³/mol. The summed E-state index contributed by atoms with van der Waals surface area (Å²) in [4.78, 5) is 11.4. The van der Waals surface area contributed by atoms with E-state index in [4.69, 9.17) is 5.73 Å². The lowest BCUT2D eigenvalue weighted by atomic mass is 10.2. The standard InChI is InChI=1S/C11H23N3O3S2/c1-10(12)2-3-11(15)13-4-9-19(16,17)14-5-7-18-8-6-14/h10H,2-9,12H2,1H3,(H,13,15). The fourth-order valence-electron chi connectivity index (χ4n) is 1.72. The molecule has 1 heterocycles. The molecule has 0 aromatic heterocycles. The van der Waals surface area contributed by atoms with E-state index in [1.807, 2.05) is 6.92 Å². The maximum absolute atomic E-state index is 12.0. The van der Waals surface area contributed by atoms with Crippen LogP contribution in [0.15, 0.2) is 0 Å². The second-order valence-electron chi connectivity index (χ2n) is 4.69. The number of sulfonamides is 1. The minimum absolute atomic E-state index is 0.0136. The van der Waals surface area contributed by atoms with Crippen molar-refractivity contribution in [3.63, 3.8) is 0 Å². The van der Waals surface area contributed by atoms with Gasteiger partial charge in [-0.1, -0.05) is 0 Å². The summed E-state index contributed by atoms with van der Waals surface area (Å²) in [5, 5.41) is 2.63. The molecule has 1 aliphatic rings. The lowest BCUT2D eigenvalue weighted by molar-refractivity contribution is -0.121. The van der Waals surface area contributed by atoms with Gasteiger partial charge in [0, 0.05) is 43.6 Å². The third-order valence-corrected chi connectivity index (χ3v) is 5.69. The summed E-state index contributed by atoms with van der Waals surface area (Å²) in [6.45, 7) is 3.16. The first kappa shape index (κ1) is 16.7. The van der Waals surface area contributed by atoms with Crippen LogP contribution >= 0.6 is 11.8 Å². The predicted octanol–water partition coefficient (Wildman–Crippen LogP) is -0.391. The lowest BCUT2D eigenvalue weighted by Gasteiger charge is -2.25. The average Bonchev–Trinajstić information content (AvgIpc) is 2.37. The van der Waals surface area contributed by atoms with Crippen molar-refractivity contribution >= 4 is 27.7 Å². The van der Waals surface area contributed by atoms with Crippen molar-refractivity contribution in [2.24, 2.45) is 5.73 Å². The number of amides is 1. The first-order valence-electron chi connectivity index (χ1n) is 6.49. The summed E-state index contributed by atoms with van der Waals surface area (Å²) in [5.74, 6) is 1.53. The van der Waals surface area contributed by atoms with Crippen molar-refractivity contribution < 1.29 is 13.2 Å². The first-order chi connectivity index (χ1) is 8.92. The van der Waals surface area contributed by atoms with Crippen LogP contribution in [-0.2, 0) is 14.8 Å². The molecule has 3 N–H and O–H groups in total. The minimum atomic E-state index is -3.23. The van der Waals surface area contributed by atoms with Gasteiger partial charge in [-0.05, 0) is 13.3 Å². The van der Waals surface area contributed by atoms with Crippen LogP contribution in [0.5, 0.6) is 0 Å². The molecule has 0 aromatic carbocycles. The van der Waals surface area contributed by atoms with Gasteiger partial charge in [0.05, 0.1) is 5.75 Å². The van der Waals surface area contributed by atoms with E-state index in [1.54, 1.807) is 11.8 Å². The quantitative estimate of drug-likeness (QED) is 0.668. The summed E-state index contributed by atoms with van der Waals surface area (Å²) in [7, 11) is -3.23. The normalized spacial score (nSPS) is 19.1. The second-order valence-corrected chi connectivity index (χ2v) is 8.01. The maximum atomic E-state index is 12.0. The minimum Gasteiger partial charge on any atom is -0.355 e. The molecule has 1 aliphatic heterocycles. The monoisotopic (exact) mass is 309 g/mol. The molecule has 6 nitrogen and oxygen atoms in total. The van der Waals surface area contributed by atoms with Crippen LogP contribution in [0.4, 0.5) is 0 Å². The fraction of sp³-hybridized carbons (Fsp3) is 0.909. The molecule has 1 saturated heterocycles. The van der Waals surface area contributed by atoms with E-state index < -0.39 is 10.0 Å². The summed E-state index contributed by atoms with van der Waals surface area (Å²) >= 11 is 1.77. The molecule has 1 amide bonds. The highest BCUT2D eigenvalue weighted by Crippen LogP contribution is 2.12. The van der Waals surface area contributed by atoms with Crippen molar-refractivity contribution in [2.45, 2.75) is 25.8 Å². The number of thioether (sulfide) groups is 1. The Kier molecular flexibility index (Phi) is 7.12. The molecule has 0 spiro atoms. The molecule has 0 bridgehead atoms. The number of carbonyl (C=O) groups is 1. The highest BCUT2D eigenvalue weighted by Gasteiger charge is 2.23. The Morgan fingerprint density at radius 2 is 2.05 bits per heavy atom. The zero-order chi connectivity index (χ0) is 14.3. The van der Waals surface area contributed by atoms with Crippen molar-refractivity contribution in [1.29, 1.82) is 0 Å². The number of hydrogen-bond donors (Lipinski definition) is 2. The van der Waals surface area contributed by atoms with Gasteiger partial charge in [-0.15, -0.1) is 0 Å². The van der Waals surface area contributed by atoms with E-state index in [0.717, 1.165) is 11.5 Å². The molecular weight excluding hydrogens is 286 g/mol. The lowest BCUT2D eigenvalue weighted by Crippen LogP contribution is -2.41. The van der Waals surface area contributed by atoms with Crippen molar-refractivity contribution in [3.05, 3.63) is 0 Å². The SMILES string of the molecule is CC(N)CCC(=O)NCCS(=O)(=O)N1CCSCC1. The number of carbonyl (C=O) groups excluding carboxylic acids is 1. The molecule has 0 aromatic rings. The van der Waals surface area contributed by atoms with Crippen LogP contribution in [0.1, 0.15) is 19.8 Å². The topological polar surface area (TPSA) is 92.5 Å².